The van der Waals surface area contributed by atoms with Crippen LogP contribution in [0, 0.1) is 5.92 Å². The zero-order chi connectivity index (χ0) is 23.5. The van der Waals surface area contributed by atoms with Gasteiger partial charge in [0.25, 0.3) is 0 Å². The van der Waals surface area contributed by atoms with Crippen molar-refractivity contribution in [3.05, 3.63) is 96.1 Å². The maximum absolute atomic E-state index is 9.55. The first-order valence-corrected chi connectivity index (χ1v) is 11.4. The number of carboxylic acid groups (broad SMARTS) is 2. The fourth-order valence-electron chi connectivity index (χ4n) is 4.45. The van der Waals surface area contributed by atoms with Crippen LogP contribution in [0.2, 0.25) is 0 Å². The van der Waals surface area contributed by atoms with Gasteiger partial charge in [0.05, 0.1) is 0 Å². The first kappa shape index (κ1) is 24.2. The molecule has 0 aromatic heterocycles. The molecule has 3 N–H and O–H groups in total. The summed E-state index contributed by atoms with van der Waals surface area (Å²) >= 11 is 0. The van der Waals surface area contributed by atoms with Gasteiger partial charge in [0.15, 0.2) is 0 Å². The quantitative estimate of drug-likeness (QED) is 0.517. The molecule has 0 fully saturated rings. The minimum absolute atomic E-state index is 0.558. The van der Waals surface area contributed by atoms with Crippen LogP contribution in [0.4, 0.5) is 0 Å². The van der Waals surface area contributed by atoms with Crippen LogP contribution in [0.25, 0.3) is 11.1 Å². The molecule has 5 heteroatoms. The Morgan fingerprint density at radius 2 is 1.36 bits per heavy atom. The van der Waals surface area contributed by atoms with Crippen molar-refractivity contribution >= 4 is 23.1 Å². The molecule has 0 amide bonds. The predicted octanol–water partition coefficient (Wildman–Crippen LogP) is 5.42. The van der Waals surface area contributed by atoms with Crippen molar-refractivity contribution in [1.82, 2.24) is 5.32 Å². The average molecular weight is 446 g/mol. The Morgan fingerprint density at radius 1 is 0.818 bits per heavy atom. The van der Waals surface area contributed by atoms with Gasteiger partial charge >= 0.3 is 11.9 Å². The monoisotopic (exact) mass is 445 g/mol. The third kappa shape index (κ3) is 8.20. The Kier molecular flexibility index (Phi) is 9.21. The molecular formula is C28H31NO4. The minimum atomic E-state index is -1.26. The maximum Gasteiger partial charge on any atom is 0.328 e. The zero-order valence-electron chi connectivity index (χ0n) is 18.7. The second-order valence-electron chi connectivity index (χ2n) is 8.39. The molecule has 2 aliphatic rings. The van der Waals surface area contributed by atoms with Gasteiger partial charge in [-0.3, -0.25) is 0 Å². The summed E-state index contributed by atoms with van der Waals surface area (Å²) in [5.41, 5.74) is 5.86. The van der Waals surface area contributed by atoms with Gasteiger partial charge in [-0.15, -0.1) is 0 Å². The lowest BCUT2D eigenvalue weighted by Crippen LogP contribution is -2.35. The second kappa shape index (κ2) is 12.6. The average Bonchev–Trinajstić information content (AvgIpc) is 2.85. The standard InChI is InChI=1S/C24H27N.C4H4O4/c1-3-9-20(10-4-1)22-13-7-8-19(16-22)17-24-18-23(14-15-25-24)21-11-5-2-6-12-21;5-3(6)1-2-4(7)8/h1-6,9-14,19,24-25H,7-8,15-18H2;1-2H,(H,5,6)(H,7,8)/b;2-1-/t19?,24-;/m1./s1. The molecule has 0 bridgehead atoms. The van der Waals surface area contributed by atoms with Crippen LogP contribution < -0.4 is 5.32 Å². The highest BCUT2D eigenvalue weighted by Crippen LogP contribution is 2.35. The van der Waals surface area contributed by atoms with Crippen LogP contribution >= 0.6 is 0 Å². The Morgan fingerprint density at radius 3 is 1.91 bits per heavy atom. The van der Waals surface area contributed by atoms with Gasteiger partial charge in [0, 0.05) is 24.7 Å². The van der Waals surface area contributed by atoms with E-state index >= 15 is 0 Å². The Labute approximate surface area is 195 Å². The van der Waals surface area contributed by atoms with E-state index in [4.69, 9.17) is 10.2 Å². The van der Waals surface area contributed by atoms with E-state index in [0.29, 0.717) is 18.2 Å². The van der Waals surface area contributed by atoms with Crippen molar-refractivity contribution in [2.75, 3.05) is 6.54 Å². The lowest BCUT2D eigenvalue weighted by molar-refractivity contribution is -0.134. The summed E-state index contributed by atoms with van der Waals surface area (Å²) in [6.45, 7) is 1.00. The normalized spacial score (nSPS) is 20.2. The Hall–Kier alpha value is -3.44. The van der Waals surface area contributed by atoms with E-state index in [1.807, 2.05) is 0 Å². The highest BCUT2D eigenvalue weighted by molar-refractivity contribution is 5.89. The van der Waals surface area contributed by atoms with E-state index in [-0.39, 0.29) is 0 Å². The van der Waals surface area contributed by atoms with Crippen LogP contribution in [-0.4, -0.2) is 34.7 Å². The number of aliphatic carboxylic acids is 2. The van der Waals surface area contributed by atoms with Crippen LogP contribution in [0.15, 0.2) is 85.0 Å². The fourth-order valence-corrected chi connectivity index (χ4v) is 4.45. The summed E-state index contributed by atoms with van der Waals surface area (Å²) in [7, 11) is 0. The molecule has 172 valence electrons. The number of allylic oxidation sites excluding steroid dienone is 2. The van der Waals surface area contributed by atoms with Crippen molar-refractivity contribution < 1.29 is 19.8 Å². The number of nitrogens with one attached hydrogen (secondary N) is 1. The van der Waals surface area contributed by atoms with E-state index < -0.39 is 11.9 Å². The molecule has 1 heterocycles. The number of hydrogen-bond acceptors (Lipinski definition) is 3. The lowest BCUT2D eigenvalue weighted by Gasteiger charge is -2.30. The minimum Gasteiger partial charge on any atom is -0.478 e. The topological polar surface area (TPSA) is 86.6 Å². The summed E-state index contributed by atoms with van der Waals surface area (Å²) in [6.07, 6.45) is 12.2. The Bertz CT molecular complexity index is 927. The van der Waals surface area contributed by atoms with Gasteiger partial charge in [0.1, 0.15) is 0 Å². The number of carbonyl (C=O) groups is 2. The largest absolute Gasteiger partial charge is 0.478 e. The first-order chi connectivity index (χ1) is 16.0. The van der Waals surface area contributed by atoms with Gasteiger partial charge in [-0.1, -0.05) is 72.8 Å². The molecule has 0 spiro atoms. The second-order valence-corrected chi connectivity index (χ2v) is 8.39. The van der Waals surface area contributed by atoms with Crippen LogP contribution in [0.5, 0.6) is 0 Å². The van der Waals surface area contributed by atoms with E-state index in [9.17, 15) is 9.59 Å². The van der Waals surface area contributed by atoms with Crippen molar-refractivity contribution in [2.45, 2.75) is 38.1 Å². The summed E-state index contributed by atoms with van der Waals surface area (Å²) in [4.78, 5) is 19.1. The number of rotatable bonds is 6. The summed E-state index contributed by atoms with van der Waals surface area (Å²) in [5.74, 6) is -1.72. The smallest absolute Gasteiger partial charge is 0.328 e. The van der Waals surface area contributed by atoms with Crippen LogP contribution in [-0.2, 0) is 9.59 Å². The molecule has 5 nitrogen and oxygen atoms in total. The van der Waals surface area contributed by atoms with Gasteiger partial charge in [-0.05, 0) is 60.3 Å². The molecule has 4 rings (SSSR count). The molecule has 2 atom stereocenters. The molecule has 0 saturated heterocycles. The van der Waals surface area contributed by atoms with Gasteiger partial charge in [0.2, 0.25) is 0 Å². The van der Waals surface area contributed by atoms with E-state index in [1.165, 1.54) is 42.4 Å². The summed E-state index contributed by atoms with van der Waals surface area (Å²) in [5, 5.41) is 19.3. The summed E-state index contributed by atoms with van der Waals surface area (Å²) < 4.78 is 0. The molecule has 1 aliphatic heterocycles. The van der Waals surface area contributed by atoms with Crippen molar-refractivity contribution in [1.29, 1.82) is 0 Å². The molecule has 0 radical (unpaired) electrons. The van der Waals surface area contributed by atoms with Gasteiger partial charge < -0.3 is 15.5 Å². The molecule has 1 unspecified atom stereocenters. The molecule has 2 aromatic carbocycles. The van der Waals surface area contributed by atoms with E-state index in [1.54, 1.807) is 5.57 Å². The Balaban J connectivity index is 0.000000331. The molecule has 0 saturated carbocycles. The van der Waals surface area contributed by atoms with Crippen molar-refractivity contribution in [3.63, 3.8) is 0 Å². The zero-order valence-corrected chi connectivity index (χ0v) is 18.7. The SMILES string of the molecule is C1=C(c2ccccc2)CC(C[C@@H]2CC(c3ccccc3)=CCN2)CC1.O=C(O)/C=C\C(=O)O. The highest BCUT2D eigenvalue weighted by atomic mass is 16.4. The number of carboxylic acids is 2. The highest BCUT2D eigenvalue weighted by Gasteiger charge is 2.23. The molecular weight excluding hydrogens is 414 g/mol. The molecule has 33 heavy (non-hydrogen) atoms. The number of benzene rings is 2. The molecule has 1 aliphatic carbocycles. The third-order valence-corrected chi connectivity index (χ3v) is 5.97. The van der Waals surface area contributed by atoms with Crippen LogP contribution in [0.3, 0.4) is 0 Å². The van der Waals surface area contributed by atoms with Crippen LogP contribution in [0.1, 0.15) is 43.2 Å². The lowest BCUT2D eigenvalue weighted by atomic mass is 9.80. The van der Waals surface area contributed by atoms with E-state index in [2.05, 4.69) is 78.1 Å². The number of hydrogen-bond donors (Lipinski definition) is 3. The maximum atomic E-state index is 9.55. The van der Waals surface area contributed by atoms with Crippen molar-refractivity contribution in [2.24, 2.45) is 5.92 Å². The van der Waals surface area contributed by atoms with Gasteiger partial charge in [-0.2, -0.15) is 0 Å². The predicted molar refractivity (Wildman–Crippen MR) is 132 cm³/mol. The van der Waals surface area contributed by atoms with Gasteiger partial charge in [-0.25, -0.2) is 9.59 Å². The third-order valence-electron chi connectivity index (χ3n) is 5.97. The first-order valence-electron chi connectivity index (χ1n) is 11.4. The van der Waals surface area contributed by atoms with Crippen molar-refractivity contribution in [3.8, 4) is 0 Å². The summed E-state index contributed by atoms with van der Waals surface area (Å²) in [6, 6.07) is 22.4. The molecule has 2 aromatic rings. The van der Waals surface area contributed by atoms with E-state index in [0.717, 1.165) is 18.9 Å². The fraction of sp³-hybridized carbons (Fsp3) is 0.286.